The number of hydrogen-bond acceptors (Lipinski definition) is 6. The van der Waals surface area contributed by atoms with Crippen molar-refractivity contribution in [1.29, 1.82) is 0 Å². The molecular formula is C36H49N2O6. The molecule has 2 amide bonds. The van der Waals surface area contributed by atoms with E-state index in [1.54, 1.807) is 31.4 Å². The Morgan fingerprint density at radius 2 is 1.57 bits per heavy atom. The van der Waals surface area contributed by atoms with E-state index in [0.717, 1.165) is 25.0 Å². The zero-order valence-electron chi connectivity index (χ0n) is 27.4. The van der Waals surface area contributed by atoms with Crippen LogP contribution in [0.15, 0.2) is 48.5 Å². The molecular weight excluding hydrogens is 556 g/mol. The van der Waals surface area contributed by atoms with E-state index in [-0.39, 0.29) is 34.7 Å². The maximum absolute atomic E-state index is 13.0. The molecule has 0 atom stereocenters. The number of nitrogens with one attached hydrogen (secondary N) is 1. The molecule has 8 nitrogen and oxygen atoms in total. The van der Waals surface area contributed by atoms with Gasteiger partial charge in [0.2, 0.25) is 0 Å². The van der Waals surface area contributed by atoms with Crippen molar-refractivity contribution in [3.63, 3.8) is 0 Å². The Morgan fingerprint density at radius 3 is 2.25 bits per heavy atom. The van der Waals surface area contributed by atoms with Crippen LogP contribution in [0.3, 0.4) is 0 Å². The summed E-state index contributed by atoms with van der Waals surface area (Å²) in [5, 5.41) is 18.8. The fraction of sp³-hybridized carbons (Fsp3) is 0.500. The first-order valence-electron chi connectivity index (χ1n) is 15.6. The van der Waals surface area contributed by atoms with E-state index in [4.69, 9.17) is 14.2 Å². The Morgan fingerprint density at radius 1 is 0.864 bits per heavy atom. The fourth-order valence-corrected chi connectivity index (χ4v) is 4.76. The van der Waals surface area contributed by atoms with Gasteiger partial charge < -0.3 is 24.6 Å². The third-order valence-corrected chi connectivity index (χ3v) is 8.52. The Labute approximate surface area is 262 Å². The second kappa shape index (κ2) is 15.8. The third kappa shape index (κ3) is 8.88. The van der Waals surface area contributed by atoms with Gasteiger partial charge >= 0.3 is 0 Å². The predicted molar refractivity (Wildman–Crippen MR) is 175 cm³/mol. The molecule has 1 radical (unpaired) electrons. The molecule has 0 aliphatic carbocycles. The highest BCUT2D eigenvalue weighted by molar-refractivity contribution is 6.05. The SMILES string of the molecule is CCC(C)(C)c1ccc(OCCCC[N]C(=O)c2cc(OCC(=O)NCCOC)c3ccccc3c2O)c(C(C)(C)CC)c1. The highest BCUT2D eigenvalue weighted by atomic mass is 16.5. The minimum atomic E-state index is -0.537. The second-order valence-electron chi connectivity index (χ2n) is 12.4. The van der Waals surface area contributed by atoms with E-state index < -0.39 is 5.91 Å². The lowest BCUT2D eigenvalue weighted by Gasteiger charge is -2.30. The fourth-order valence-electron chi connectivity index (χ4n) is 4.76. The number of methoxy groups -OCH3 is 1. The number of hydrogen-bond donors (Lipinski definition) is 2. The summed E-state index contributed by atoms with van der Waals surface area (Å²) in [7, 11) is 1.56. The minimum Gasteiger partial charge on any atom is -0.506 e. The number of amides is 2. The molecule has 0 saturated carbocycles. The van der Waals surface area contributed by atoms with Crippen LogP contribution in [-0.2, 0) is 20.4 Å². The van der Waals surface area contributed by atoms with Gasteiger partial charge in [-0.25, -0.2) is 5.32 Å². The molecule has 2 N–H and O–H groups in total. The molecule has 8 heteroatoms. The van der Waals surface area contributed by atoms with Gasteiger partial charge in [0.25, 0.3) is 11.8 Å². The number of ether oxygens (including phenoxy) is 3. The number of carbonyl (C=O) groups excluding carboxylic acids is 2. The quantitative estimate of drug-likeness (QED) is 0.167. The van der Waals surface area contributed by atoms with E-state index in [0.29, 0.717) is 49.2 Å². The number of phenolic OH excluding ortho intramolecular Hbond substituents is 1. The van der Waals surface area contributed by atoms with Crippen LogP contribution >= 0.6 is 0 Å². The summed E-state index contributed by atoms with van der Waals surface area (Å²) in [5.41, 5.74) is 2.65. The van der Waals surface area contributed by atoms with Crippen molar-refractivity contribution in [3.05, 3.63) is 65.2 Å². The van der Waals surface area contributed by atoms with Crippen molar-refractivity contribution in [2.24, 2.45) is 0 Å². The molecule has 3 aromatic rings. The summed E-state index contributed by atoms with van der Waals surface area (Å²) < 4.78 is 17.0. The van der Waals surface area contributed by atoms with Crippen LogP contribution in [0.5, 0.6) is 17.2 Å². The van der Waals surface area contributed by atoms with Gasteiger partial charge in [-0.3, -0.25) is 9.59 Å². The van der Waals surface area contributed by atoms with E-state index in [2.05, 4.69) is 70.4 Å². The van der Waals surface area contributed by atoms with Gasteiger partial charge in [0.15, 0.2) is 6.61 Å². The topological polar surface area (TPSA) is 108 Å². The number of rotatable bonds is 17. The lowest BCUT2D eigenvalue weighted by Crippen LogP contribution is -2.31. The van der Waals surface area contributed by atoms with Crippen LogP contribution in [0.2, 0.25) is 0 Å². The summed E-state index contributed by atoms with van der Waals surface area (Å²) in [4.78, 5) is 25.2. The van der Waals surface area contributed by atoms with Gasteiger partial charge in [0.05, 0.1) is 18.8 Å². The monoisotopic (exact) mass is 605 g/mol. The van der Waals surface area contributed by atoms with Crippen LogP contribution in [0.1, 0.15) is 88.7 Å². The van der Waals surface area contributed by atoms with Crippen LogP contribution < -0.4 is 20.1 Å². The zero-order valence-corrected chi connectivity index (χ0v) is 27.4. The number of carbonyl (C=O) groups is 2. The van der Waals surface area contributed by atoms with E-state index >= 15 is 0 Å². The second-order valence-corrected chi connectivity index (χ2v) is 12.4. The Bertz CT molecular complexity index is 1420. The van der Waals surface area contributed by atoms with Crippen molar-refractivity contribution in [3.8, 4) is 17.2 Å². The Hall–Kier alpha value is -3.78. The maximum Gasteiger partial charge on any atom is 0.276 e. The molecule has 0 fully saturated rings. The number of phenols is 1. The summed E-state index contributed by atoms with van der Waals surface area (Å²) in [5.74, 6) is 0.220. The standard InChI is InChI=1S/C36H49N2O6/c1-8-35(3,4)25-16-17-30(29(22-25)36(5,6)9-2)43-20-13-12-18-38-34(41)28-23-31(44-24-32(39)37-19-21-42-7)26-14-10-11-15-27(26)33(28)40/h10-11,14-17,22-23,40H,8-9,12-13,18-21,24H2,1-7H3,(H,37,39). The molecule has 0 aliphatic heterocycles. The first kappa shape index (κ1) is 34.7. The molecule has 3 aromatic carbocycles. The van der Waals surface area contributed by atoms with Gasteiger partial charge in [-0.1, -0.05) is 77.9 Å². The van der Waals surface area contributed by atoms with Crippen molar-refractivity contribution in [1.82, 2.24) is 10.6 Å². The largest absolute Gasteiger partial charge is 0.506 e. The first-order valence-corrected chi connectivity index (χ1v) is 15.6. The van der Waals surface area contributed by atoms with Crippen molar-refractivity contribution in [2.45, 2.75) is 78.1 Å². The van der Waals surface area contributed by atoms with Crippen LogP contribution in [0.4, 0.5) is 0 Å². The van der Waals surface area contributed by atoms with Gasteiger partial charge in [-0.05, 0) is 54.2 Å². The minimum absolute atomic E-state index is 0.0187. The average molecular weight is 606 g/mol. The highest BCUT2D eigenvalue weighted by Crippen LogP contribution is 2.39. The van der Waals surface area contributed by atoms with Gasteiger partial charge in [-0.15, -0.1) is 0 Å². The maximum atomic E-state index is 13.0. The molecule has 0 aromatic heterocycles. The smallest absolute Gasteiger partial charge is 0.276 e. The summed E-state index contributed by atoms with van der Waals surface area (Å²) in [6, 6.07) is 15.1. The van der Waals surface area contributed by atoms with E-state index in [1.807, 2.05) is 0 Å². The number of benzene rings is 3. The predicted octanol–water partition coefficient (Wildman–Crippen LogP) is 6.67. The molecule has 0 unspecified atom stereocenters. The third-order valence-electron chi connectivity index (χ3n) is 8.52. The van der Waals surface area contributed by atoms with Crippen molar-refractivity contribution in [2.75, 3.05) is 40.0 Å². The summed E-state index contributed by atoms with van der Waals surface area (Å²) in [6.07, 6.45) is 3.43. The number of fused-ring (bicyclic) bond motifs is 1. The Kier molecular flexibility index (Phi) is 12.5. The Balaban J connectivity index is 1.60. The zero-order chi connectivity index (χ0) is 32.3. The van der Waals surface area contributed by atoms with Crippen LogP contribution in [0.25, 0.3) is 10.8 Å². The lowest BCUT2D eigenvalue weighted by atomic mass is 9.76. The molecule has 0 aliphatic rings. The van der Waals surface area contributed by atoms with Gasteiger partial charge in [0.1, 0.15) is 17.2 Å². The molecule has 3 rings (SSSR count). The molecule has 239 valence electrons. The highest BCUT2D eigenvalue weighted by Gasteiger charge is 2.26. The number of nitrogens with zero attached hydrogens (tertiary/aromatic N) is 1. The molecule has 0 saturated heterocycles. The summed E-state index contributed by atoms with van der Waals surface area (Å²) >= 11 is 0. The lowest BCUT2D eigenvalue weighted by molar-refractivity contribution is -0.123. The van der Waals surface area contributed by atoms with Crippen LogP contribution in [-0.4, -0.2) is 56.9 Å². The number of unbranched alkanes of at least 4 members (excludes halogenated alkanes) is 1. The number of aromatic hydroxyl groups is 1. The van der Waals surface area contributed by atoms with E-state index in [9.17, 15) is 14.7 Å². The van der Waals surface area contributed by atoms with Gasteiger partial charge in [-0.2, -0.15) is 0 Å². The summed E-state index contributed by atoms with van der Waals surface area (Å²) in [6.45, 7) is 14.8. The first-order chi connectivity index (χ1) is 20.9. The van der Waals surface area contributed by atoms with E-state index in [1.165, 1.54) is 17.2 Å². The molecule has 44 heavy (non-hydrogen) atoms. The molecule has 0 spiro atoms. The van der Waals surface area contributed by atoms with Crippen molar-refractivity contribution >= 4 is 22.6 Å². The van der Waals surface area contributed by atoms with Crippen LogP contribution in [0, 0.1) is 0 Å². The average Bonchev–Trinajstić information content (AvgIpc) is 3.02. The molecule has 0 heterocycles. The normalized spacial score (nSPS) is 11.8. The van der Waals surface area contributed by atoms with Gasteiger partial charge in [0, 0.05) is 36.5 Å². The molecule has 0 bridgehead atoms. The van der Waals surface area contributed by atoms with Crippen molar-refractivity contribution < 1.29 is 28.9 Å².